The molecule has 0 saturated heterocycles. The molecule has 3 nitrogen and oxygen atoms in total. The van der Waals surface area contributed by atoms with Crippen LogP contribution in [0.1, 0.15) is 44.6 Å². The van der Waals surface area contributed by atoms with Gasteiger partial charge in [-0.3, -0.25) is 0 Å². The molecule has 0 saturated carbocycles. The van der Waals surface area contributed by atoms with Gasteiger partial charge in [0.05, 0.1) is 6.61 Å². The van der Waals surface area contributed by atoms with E-state index in [1.54, 1.807) is 7.11 Å². The van der Waals surface area contributed by atoms with Crippen molar-refractivity contribution in [1.82, 2.24) is 0 Å². The standard InChI is InChI=1S/C17H28O3/c1-4-15(2)16-7-9-17(10-8-16)20-14-6-13-19-12-5-11-18-3/h7-10,15H,4-6,11-14H2,1-3H3. The van der Waals surface area contributed by atoms with Gasteiger partial charge >= 0.3 is 0 Å². The minimum Gasteiger partial charge on any atom is -0.494 e. The fraction of sp³-hybridized carbons (Fsp3) is 0.647. The van der Waals surface area contributed by atoms with E-state index in [0.717, 1.165) is 38.4 Å². The minimum atomic E-state index is 0.615. The SMILES string of the molecule is CCC(C)c1ccc(OCCCOCCCOC)cc1. The Hall–Kier alpha value is -1.06. The van der Waals surface area contributed by atoms with Crippen molar-refractivity contribution in [3.8, 4) is 5.75 Å². The molecule has 0 spiro atoms. The van der Waals surface area contributed by atoms with Crippen LogP contribution >= 0.6 is 0 Å². The first-order valence-electron chi connectivity index (χ1n) is 7.57. The summed E-state index contributed by atoms with van der Waals surface area (Å²) in [5.74, 6) is 1.56. The van der Waals surface area contributed by atoms with Crippen molar-refractivity contribution in [1.29, 1.82) is 0 Å². The van der Waals surface area contributed by atoms with E-state index < -0.39 is 0 Å². The molecule has 0 bridgehead atoms. The molecule has 114 valence electrons. The van der Waals surface area contributed by atoms with Gasteiger partial charge in [-0.25, -0.2) is 0 Å². The molecule has 0 aliphatic rings. The maximum absolute atomic E-state index is 5.70. The lowest BCUT2D eigenvalue weighted by Gasteiger charge is -2.11. The Morgan fingerprint density at radius 1 is 0.950 bits per heavy atom. The van der Waals surface area contributed by atoms with Gasteiger partial charge < -0.3 is 14.2 Å². The first-order valence-corrected chi connectivity index (χ1v) is 7.57. The summed E-state index contributed by atoms with van der Waals surface area (Å²) in [4.78, 5) is 0. The summed E-state index contributed by atoms with van der Waals surface area (Å²) >= 11 is 0. The van der Waals surface area contributed by atoms with Gasteiger partial charge in [0.25, 0.3) is 0 Å². The zero-order valence-corrected chi connectivity index (χ0v) is 13.1. The number of methoxy groups -OCH3 is 1. The average molecular weight is 280 g/mol. The molecule has 0 amide bonds. The molecule has 1 aromatic rings. The molecular weight excluding hydrogens is 252 g/mol. The maximum Gasteiger partial charge on any atom is 0.119 e. The predicted octanol–water partition coefficient (Wildman–Crippen LogP) is 4.02. The predicted molar refractivity (Wildman–Crippen MR) is 82.6 cm³/mol. The second-order valence-corrected chi connectivity index (χ2v) is 5.04. The van der Waals surface area contributed by atoms with E-state index in [0.29, 0.717) is 12.5 Å². The van der Waals surface area contributed by atoms with Crippen LogP contribution in [-0.2, 0) is 9.47 Å². The largest absolute Gasteiger partial charge is 0.494 e. The first-order chi connectivity index (χ1) is 9.77. The topological polar surface area (TPSA) is 27.7 Å². The Labute approximate surface area is 123 Å². The molecule has 0 aromatic heterocycles. The summed E-state index contributed by atoms with van der Waals surface area (Å²) < 4.78 is 16.1. The van der Waals surface area contributed by atoms with E-state index in [1.807, 2.05) is 0 Å². The monoisotopic (exact) mass is 280 g/mol. The zero-order valence-electron chi connectivity index (χ0n) is 13.1. The highest BCUT2D eigenvalue weighted by atomic mass is 16.5. The number of hydrogen-bond donors (Lipinski definition) is 0. The van der Waals surface area contributed by atoms with Gasteiger partial charge in [-0.05, 0) is 36.5 Å². The summed E-state index contributed by atoms with van der Waals surface area (Å²) in [7, 11) is 1.71. The van der Waals surface area contributed by atoms with Gasteiger partial charge in [0.2, 0.25) is 0 Å². The van der Waals surface area contributed by atoms with E-state index in [4.69, 9.17) is 14.2 Å². The van der Waals surface area contributed by atoms with Crippen LogP contribution in [0.2, 0.25) is 0 Å². The molecule has 1 aromatic carbocycles. The van der Waals surface area contributed by atoms with Gasteiger partial charge in [-0.15, -0.1) is 0 Å². The van der Waals surface area contributed by atoms with Crippen LogP contribution in [0, 0.1) is 0 Å². The number of rotatable bonds is 11. The molecule has 3 heteroatoms. The third-order valence-corrected chi connectivity index (χ3v) is 3.40. The summed E-state index contributed by atoms with van der Waals surface area (Å²) in [6.45, 7) is 7.43. The summed E-state index contributed by atoms with van der Waals surface area (Å²) in [5, 5.41) is 0. The molecule has 0 radical (unpaired) electrons. The second-order valence-electron chi connectivity index (χ2n) is 5.04. The molecule has 0 aliphatic heterocycles. The Balaban J connectivity index is 2.10. The molecule has 0 fully saturated rings. The van der Waals surface area contributed by atoms with Crippen molar-refractivity contribution >= 4 is 0 Å². The van der Waals surface area contributed by atoms with Crippen molar-refractivity contribution in [2.24, 2.45) is 0 Å². The van der Waals surface area contributed by atoms with Crippen molar-refractivity contribution in [2.45, 2.75) is 39.0 Å². The van der Waals surface area contributed by atoms with Crippen molar-refractivity contribution < 1.29 is 14.2 Å². The van der Waals surface area contributed by atoms with Gasteiger partial charge in [-0.1, -0.05) is 26.0 Å². The molecular formula is C17H28O3. The van der Waals surface area contributed by atoms with Crippen LogP contribution in [-0.4, -0.2) is 33.5 Å². The third kappa shape index (κ3) is 6.92. The molecule has 0 heterocycles. The van der Waals surface area contributed by atoms with Crippen LogP contribution in [0.25, 0.3) is 0 Å². The highest BCUT2D eigenvalue weighted by Crippen LogP contribution is 2.21. The summed E-state index contributed by atoms with van der Waals surface area (Å²) in [6, 6.07) is 8.43. The number of hydrogen-bond acceptors (Lipinski definition) is 3. The minimum absolute atomic E-state index is 0.615. The molecule has 0 aliphatic carbocycles. The van der Waals surface area contributed by atoms with E-state index in [2.05, 4.69) is 38.1 Å². The quantitative estimate of drug-likeness (QED) is 0.573. The van der Waals surface area contributed by atoms with E-state index in [-0.39, 0.29) is 0 Å². The summed E-state index contributed by atoms with van der Waals surface area (Å²) in [6.07, 6.45) is 3.04. The van der Waals surface area contributed by atoms with Gasteiger partial charge in [-0.2, -0.15) is 0 Å². The Morgan fingerprint density at radius 2 is 1.60 bits per heavy atom. The van der Waals surface area contributed by atoms with Crippen LogP contribution in [0.5, 0.6) is 5.75 Å². The third-order valence-electron chi connectivity index (χ3n) is 3.40. The van der Waals surface area contributed by atoms with E-state index in [9.17, 15) is 0 Å². The molecule has 1 atom stereocenters. The van der Waals surface area contributed by atoms with E-state index >= 15 is 0 Å². The Kier molecular flexibility index (Phi) is 9.09. The Morgan fingerprint density at radius 3 is 2.20 bits per heavy atom. The van der Waals surface area contributed by atoms with Crippen LogP contribution < -0.4 is 4.74 Å². The lowest BCUT2D eigenvalue weighted by Crippen LogP contribution is -2.05. The van der Waals surface area contributed by atoms with Crippen LogP contribution in [0.3, 0.4) is 0 Å². The summed E-state index contributed by atoms with van der Waals surface area (Å²) in [5.41, 5.74) is 1.38. The lowest BCUT2D eigenvalue weighted by molar-refractivity contribution is 0.0940. The average Bonchev–Trinajstić information content (AvgIpc) is 2.50. The van der Waals surface area contributed by atoms with Crippen molar-refractivity contribution in [3.63, 3.8) is 0 Å². The lowest BCUT2D eigenvalue weighted by atomic mass is 9.99. The highest BCUT2D eigenvalue weighted by Gasteiger charge is 2.02. The molecule has 20 heavy (non-hydrogen) atoms. The number of benzene rings is 1. The van der Waals surface area contributed by atoms with Crippen molar-refractivity contribution in [3.05, 3.63) is 29.8 Å². The molecule has 1 rings (SSSR count). The maximum atomic E-state index is 5.70. The number of ether oxygens (including phenoxy) is 3. The van der Waals surface area contributed by atoms with Gasteiger partial charge in [0.1, 0.15) is 5.75 Å². The smallest absolute Gasteiger partial charge is 0.119 e. The Bertz CT molecular complexity index is 335. The fourth-order valence-corrected chi connectivity index (χ4v) is 1.89. The van der Waals surface area contributed by atoms with E-state index in [1.165, 1.54) is 12.0 Å². The van der Waals surface area contributed by atoms with Crippen molar-refractivity contribution in [2.75, 3.05) is 33.5 Å². The molecule has 0 N–H and O–H groups in total. The highest BCUT2D eigenvalue weighted by molar-refractivity contribution is 5.29. The molecule has 1 unspecified atom stereocenters. The van der Waals surface area contributed by atoms with Gasteiger partial charge in [0.15, 0.2) is 0 Å². The normalized spacial score (nSPS) is 12.3. The van der Waals surface area contributed by atoms with Crippen LogP contribution in [0.4, 0.5) is 0 Å². The zero-order chi connectivity index (χ0) is 14.6. The van der Waals surface area contributed by atoms with Gasteiger partial charge in [0, 0.05) is 33.4 Å². The first kappa shape index (κ1) is 17.0. The second kappa shape index (κ2) is 10.7. The fourth-order valence-electron chi connectivity index (χ4n) is 1.89. The van der Waals surface area contributed by atoms with Crippen LogP contribution in [0.15, 0.2) is 24.3 Å².